The molecule has 0 unspecified atom stereocenters. The number of nitrogens with two attached hydrogens (primary N) is 1. The van der Waals surface area contributed by atoms with E-state index in [4.69, 9.17) is 17.3 Å². The number of benzene rings is 1. The van der Waals surface area contributed by atoms with Gasteiger partial charge in [0.25, 0.3) is 0 Å². The molecular formula is C12H16ClFIN3. The molecule has 18 heavy (non-hydrogen) atoms. The van der Waals surface area contributed by atoms with Gasteiger partial charge in [0.2, 0.25) is 0 Å². The highest BCUT2D eigenvalue weighted by Crippen LogP contribution is 2.25. The van der Waals surface area contributed by atoms with Crippen LogP contribution in [0.15, 0.2) is 23.2 Å². The molecule has 3 nitrogen and oxygen atoms in total. The standard InChI is InChI=1S/C12H15ClFN3.HI/c1-17(9-3-4-9)12(15)16-7-8-2-5-11(14)10(13)6-8;/h2,5-6,9H,3-4,7H2,1H3,(H2,15,16);1H. The summed E-state index contributed by atoms with van der Waals surface area (Å²) in [6.07, 6.45) is 2.35. The largest absolute Gasteiger partial charge is 0.370 e. The lowest BCUT2D eigenvalue weighted by Gasteiger charge is -2.16. The molecule has 1 fully saturated rings. The summed E-state index contributed by atoms with van der Waals surface area (Å²) in [5.74, 6) is 0.107. The van der Waals surface area contributed by atoms with E-state index in [1.165, 1.54) is 18.9 Å². The molecule has 1 saturated carbocycles. The van der Waals surface area contributed by atoms with Crippen LogP contribution >= 0.6 is 35.6 Å². The van der Waals surface area contributed by atoms with Crippen molar-refractivity contribution in [3.63, 3.8) is 0 Å². The predicted molar refractivity (Wildman–Crippen MR) is 82.9 cm³/mol. The minimum atomic E-state index is -0.414. The third kappa shape index (κ3) is 3.98. The number of nitrogens with zero attached hydrogens (tertiary/aromatic N) is 2. The van der Waals surface area contributed by atoms with E-state index in [0.717, 1.165) is 5.56 Å². The Balaban J connectivity index is 0.00000162. The van der Waals surface area contributed by atoms with Crippen LogP contribution in [0.25, 0.3) is 0 Å². The van der Waals surface area contributed by atoms with Gasteiger partial charge in [-0.15, -0.1) is 24.0 Å². The van der Waals surface area contributed by atoms with Gasteiger partial charge >= 0.3 is 0 Å². The quantitative estimate of drug-likeness (QED) is 0.495. The Morgan fingerprint density at radius 1 is 1.56 bits per heavy atom. The van der Waals surface area contributed by atoms with E-state index in [-0.39, 0.29) is 29.0 Å². The molecule has 1 aliphatic rings. The van der Waals surface area contributed by atoms with Gasteiger partial charge in [-0.05, 0) is 30.5 Å². The molecule has 1 aromatic carbocycles. The summed E-state index contributed by atoms with van der Waals surface area (Å²) in [6.45, 7) is 0.420. The highest BCUT2D eigenvalue weighted by Gasteiger charge is 2.27. The highest BCUT2D eigenvalue weighted by atomic mass is 127. The molecule has 0 aromatic heterocycles. The minimum absolute atomic E-state index is 0. The van der Waals surface area contributed by atoms with E-state index < -0.39 is 5.82 Å². The van der Waals surface area contributed by atoms with Gasteiger partial charge in [-0.2, -0.15) is 0 Å². The molecule has 6 heteroatoms. The van der Waals surface area contributed by atoms with Crippen molar-refractivity contribution in [2.24, 2.45) is 10.7 Å². The Morgan fingerprint density at radius 3 is 2.78 bits per heavy atom. The smallest absolute Gasteiger partial charge is 0.191 e. The van der Waals surface area contributed by atoms with Crippen LogP contribution in [0.4, 0.5) is 4.39 Å². The van der Waals surface area contributed by atoms with Gasteiger partial charge in [-0.1, -0.05) is 17.7 Å². The van der Waals surface area contributed by atoms with E-state index >= 15 is 0 Å². The Morgan fingerprint density at radius 2 is 2.22 bits per heavy atom. The first-order chi connectivity index (χ1) is 8.08. The topological polar surface area (TPSA) is 41.6 Å². The zero-order valence-electron chi connectivity index (χ0n) is 10.1. The van der Waals surface area contributed by atoms with Gasteiger partial charge in [0, 0.05) is 13.1 Å². The van der Waals surface area contributed by atoms with Crippen molar-refractivity contribution in [1.82, 2.24) is 4.90 Å². The molecule has 1 aliphatic carbocycles. The van der Waals surface area contributed by atoms with E-state index in [1.807, 2.05) is 11.9 Å². The summed E-state index contributed by atoms with van der Waals surface area (Å²) in [7, 11) is 1.94. The monoisotopic (exact) mass is 383 g/mol. The normalized spacial score (nSPS) is 15.2. The van der Waals surface area contributed by atoms with Crippen LogP contribution in [0.1, 0.15) is 18.4 Å². The van der Waals surface area contributed by atoms with Crippen LogP contribution < -0.4 is 5.73 Å². The molecule has 0 saturated heterocycles. The second-order valence-corrected chi connectivity index (χ2v) is 4.67. The summed E-state index contributed by atoms with van der Waals surface area (Å²) in [5.41, 5.74) is 6.69. The molecule has 0 radical (unpaired) electrons. The number of hydrogen-bond acceptors (Lipinski definition) is 1. The SMILES string of the molecule is CN(C(N)=NCc1ccc(F)c(Cl)c1)C1CC1.I. The average Bonchev–Trinajstić information content (AvgIpc) is 3.13. The number of halogens is 3. The molecule has 0 spiro atoms. The zero-order valence-corrected chi connectivity index (χ0v) is 13.2. The lowest BCUT2D eigenvalue weighted by atomic mass is 10.2. The van der Waals surface area contributed by atoms with Crippen molar-refractivity contribution in [3.8, 4) is 0 Å². The molecule has 0 atom stereocenters. The van der Waals surface area contributed by atoms with Gasteiger partial charge < -0.3 is 10.6 Å². The van der Waals surface area contributed by atoms with E-state index in [1.54, 1.807) is 12.1 Å². The Bertz CT molecular complexity index is 449. The van der Waals surface area contributed by atoms with Gasteiger partial charge in [0.05, 0.1) is 11.6 Å². The minimum Gasteiger partial charge on any atom is -0.370 e. The fourth-order valence-corrected chi connectivity index (χ4v) is 1.77. The van der Waals surface area contributed by atoms with E-state index in [9.17, 15) is 4.39 Å². The Kier molecular flexibility index (Phi) is 5.65. The fraction of sp³-hybridized carbons (Fsp3) is 0.417. The summed E-state index contributed by atoms with van der Waals surface area (Å²) in [5, 5.41) is 0.117. The number of hydrogen-bond donors (Lipinski definition) is 1. The summed E-state index contributed by atoms with van der Waals surface area (Å²) in [6, 6.07) is 5.11. The van der Waals surface area contributed by atoms with Crippen molar-refractivity contribution in [2.75, 3.05) is 7.05 Å². The number of guanidine groups is 1. The molecule has 2 rings (SSSR count). The molecule has 1 aromatic rings. The van der Waals surface area contributed by atoms with Crippen molar-refractivity contribution in [2.45, 2.75) is 25.4 Å². The molecular weight excluding hydrogens is 368 g/mol. The highest BCUT2D eigenvalue weighted by molar-refractivity contribution is 14.0. The van der Waals surface area contributed by atoms with Gasteiger partial charge in [-0.25, -0.2) is 9.38 Å². The molecule has 0 bridgehead atoms. The van der Waals surface area contributed by atoms with Crippen molar-refractivity contribution < 1.29 is 4.39 Å². The Hall–Kier alpha value is -0.560. The third-order valence-corrected chi connectivity index (χ3v) is 3.15. The van der Waals surface area contributed by atoms with E-state index in [2.05, 4.69) is 4.99 Å². The molecule has 0 heterocycles. The zero-order chi connectivity index (χ0) is 12.4. The average molecular weight is 384 g/mol. The van der Waals surface area contributed by atoms with Crippen LogP contribution in [0, 0.1) is 5.82 Å². The number of aliphatic imine (C=N–C) groups is 1. The van der Waals surface area contributed by atoms with E-state index in [0.29, 0.717) is 18.5 Å². The first-order valence-electron chi connectivity index (χ1n) is 5.54. The fourth-order valence-electron chi connectivity index (χ4n) is 1.57. The van der Waals surface area contributed by atoms with Crippen molar-refractivity contribution in [1.29, 1.82) is 0 Å². The van der Waals surface area contributed by atoms with Crippen LogP contribution in [0.5, 0.6) is 0 Å². The second-order valence-electron chi connectivity index (χ2n) is 4.26. The van der Waals surface area contributed by atoms with Crippen LogP contribution in [-0.4, -0.2) is 23.9 Å². The van der Waals surface area contributed by atoms with Gasteiger partial charge in [-0.3, -0.25) is 0 Å². The maximum Gasteiger partial charge on any atom is 0.191 e. The van der Waals surface area contributed by atoms with Crippen LogP contribution in [0.3, 0.4) is 0 Å². The maximum atomic E-state index is 12.9. The van der Waals surface area contributed by atoms with Gasteiger partial charge in [0.1, 0.15) is 5.82 Å². The molecule has 2 N–H and O–H groups in total. The first kappa shape index (κ1) is 15.5. The maximum absolute atomic E-state index is 12.9. The summed E-state index contributed by atoms with van der Waals surface area (Å²) < 4.78 is 12.9. The van der Waals surface area contributed by atoms with Crippen LogP contribution in [0.2, 0.25) is 5.02 Å². The van der Waals surface area contributed by atoms with Crippen LogP contribution in [-0.2, 0) is 6.54 Å². The van der Waals surface area contributed by atoms with Crippen molar-refractivity contribution in [3.05, 3.63) is 34.6 Å². The number of rotatable bonds is 3. The molecule has 100 valence electrons. The lowest BCUT2D eigenvalue weighted by Crippen LogP contribution is -2.35. The molecule has 0 amide bonds. The summed E-state index contributed by atoms with van der Waals surface area (Å²) in [4.78, 5) is 6.24. The Labute approximate surface area is 128 Å². The van der Waals surface area contributed by atoms with Gasteiger partial charge in [0.15, 0.2) is 5.96 Å². The first-order valence-corrected chi connectivity index (χ1v) is 5.92. The third-order valence-electron chi connectivity index (χ3n) is 2.86. The molecule has 0 aliphatic heterocycles. The second kappa shape index (κ2) is 6.56. The predicted octanol–water partition coefficient (Wildman–Crippen LogP) is 3.01. The lowest BCUT2D eigenvalue weighted by molar-refractivity contribution is 0.487. The van der Waals surface area contributed by atoms with Crippen molar-refractivity contribution >= 4 is 41.5 Å². The summed E-state index contributed by atoms with van der Waals surface area (Å²) >= 11 is 5.69.